The van der Waals surface area contributed by atoms with Crippen LogP contribution < -0.4 is 9.80 Å². The highest BCUT2D eigenvalue weighted by Crippen LogP contribution is 2.35. The van der Waals surface area contributed by atoms with Crippen LogP contribution in [0.2, 0.25) is 0 Å². The van der Waals surface area contributed by atoms with E-state index < -0.39 is 5.97 Å². The van der Waals surface area contributed by atoms with Crippen molar-refractivity contribution in [3.63, 3.8) is 0 Å². The van der Waals surface area contributed by atoms with Gasteiger partial charge in [0.15, 0.2) is 0 Å². The molecule has 1 aromatic rings. The van der Waals surface area contributed by atoms with E-state index in [1.807, 2.05) is 18.7 Å². The van der Waals surface area contributed by atoms with Gasteiger partial charge >= 0.3 is 5.97 Å². The summed E-state index contributed by atoms with van der Waals surface area (Å²) < 4.78 is 0. The Morgan fingerprint density at radius 2 is 2.11 bits per heavy atom. The number of anilines is 2. The number of nitrogens with zero attached hydrogens (tertiary/aromatic N) is 2. The number of aromatic carboxylic acids is 1. The van der Waals surface area contributed by atoms with Crippen LogP contribution in [-0.2, 0) is 4.79 Å². The lowest BCUT2D eigenvalue weighted by Gasteiger charge is -2.39. The maximum Gasteiger partial charge on any atom is 0.335 e. The molecule has 0 radical (unpaired) electrons. The van der Waals surface area contributed by atoms with Gasteiger partial charge in [-0.3, -0.25) is 4.79 Å². The van der Waals surface area contributed by atoms with E-state index in [1.165, 1.54) is 6.07 Å². The topological polar surface area (TPSA) is 60.9 Å². The Hall–Kier alpha value is -2.04. The fourth-order valence-electron chi connectivity index (χ4n) is 2.26. The van der Waals surface area contributed by atoms with E-state index in [0.717, 1.165) is 17.8 Å². The molecule has 1 unspecified atom stereocenters. The van der Waals surface area contributed by atoms with Crippen LogP contribution in [0.4, 0.5) is 11.4 Å². The molecule has 0 saturated heterocycles. The molecule has 1 aromatic carbocycles. The SMILES string of the molecule is CCC(C)N1CC(=O)N(C)c2ccc(C(=O)O)cc21. The molecule has 5 nitrogen and oxygen atoms in total. The van der Waals surface area contributed by atoms with Gasteiger partial charge in [0.25, 0.3) is 0 Å². The van der Waals surface area contributed by atoms with E-state index in [0.29, 0.717) is 6.54 Å². The Morgan fingerprint density at radius 1 is 1.42 bits per heavy atom. The van der Waals surface area contributed by atoms with Gasteiger partial charge in [0.05, 0.1) is 23.5 Å². The molecule has 1 aliphatic heterocycles. The number of likely N-dealkylation sites (N-methyl/N-ethyl adjacent to an activating group) is 1. The second-order valence-electron chi connectivity index (χ2n) is 4.85. The number of carbonyl (C=O) groups is 2. The van der Waals surface area contributed by atoms with Crippen LogP contribution in [0.15, 0.2) is 18.2 Å². The van der Waals surface area contributed by atoms with Crippen LogP contribution in [0.3, 0.4) is 0 Å². The minimum absolute atomic E-state index is 0.0240. The van der Waals surface area contributed by atoms with Gasteiger partial charge in [-0.25, -0.2) is 4.79 Å². The average molecular weight is 262 g/mol. The molecule has 0 aromatic heterocycles. The lowest BCUT2D eigenvalue weighted by atomic mass is 10.1. The number of fused-ring (bicyclic) bond motifs is 1. The Kier molecular flexibility index (Phi) is 3.46. The minimum atomic E-state index is -0.952. The first-order chi connectivity index (χ1) is 8.95. The van der Waals surface area contributed by atoms with E-state index in [4.69, 9.17) is 5.11 Å². The smallest absolute Gasteiger partial charge is 0.335 e. The highest BCUT2D eigenvalue weighted by Gasteiger charge is 2.29. The molecule has 2 rings (SSSR count). The van der Waals surface area contributed by atoms with E-state index in [-0.39, 0.29) is 17.5 Å². The summed E-state index contributed by atoms with van der Waals surface area (Å²) in [5, 5.41) is 9.09. The van der Waals surface area contributed by atoms with Gasteiger partial charge in [-0.1, -0.05) is 6.92 Å². The summed E-state index contributed by atoms with van der Waals surface area (Å²) in [5.74, 6) is -0.928. The van der Waals surface area contributed by atoms with Crippen molar-refractivity contribution >= 4 is 23.3 Å². The molecule has 1 amide bonds. The van der Waals surface area contributed by atoms with Gasteiger partial charge in [-0.05, 0) is 31.5 Å². The van der Waals surface area contributed by atoms with Gasteiger partial charge in [0, 0.05) is 13.1 Å². The first-order valence-electron chi connectivity index (χ1n) is 6.36. The van der Waals surface area contributed by atoms with Crippen LogP contribution in [0.25, 0.3) is 0 Å². The zero-order valence-corrected chi connectivity index (χ0v) is 11.4. The van der Waals surface area contributed by atoms with E-state index in [1.54, 1.807) is 24.1 Å². The van der Waals surface area contributed by atoms with Gasteiger partial charge in [-0.2, -0.15) is 0 Å². The van der Waals surface area contributed by atoms with Gasteiger partial charge in [0.2, 0.25) is 5.91 Å². The van der Waals surface area contributed by atoms with Crippen LogP contribution in [0, 0.1) is 0 Å². The molecule has 1 heterocycles. The number of benzene rings is 1. The number of amides is 1. The number of rotatable bonds is 3. The van der Waals surface area contributed by atoms with Gasteiger partial charge in [-0.15, -0.1) is 0 Å². The fraction of sp³-hybridized carbons (Fsp3) is 0.429. The first-order valence-corrected chi connectivity index (χ1v) is 6.36. The summed E-state index contributed by atoms with van der Waals surface area (Å²) in [5.41, 5.74) is 1.83. The summed E-state index contributed by atoms with van der Waals surface area (Å²) >= 11 is 0. The van der Waals surface area contributed by atoms with Crippen molar-refractivity contribution in [2.75, 3.05) is 23.4 Å². The molecule has 0 saturated carbocycles. The highest BCUT2D eigenvalue weighted by molar-refractivity contribution is 6.04. The van der Waals surface area contributed by atoms with Crippen molar-refractivity contribution in [2.24, 2.45) is 0 Å². The predicted molar refractivity (Wildman–Crippen MR) is 73.9 cm³/mol. The quantitative estimate of drug-likeness (QED) is 0.904. The van der Waals surface area contributed by atoms with Crippen molar-refractivity contribution < 1.29 is 14.7 Å². The molecular weight excluding hydrogens is 244 g/mol. The van der Waals surface area contributed by atoms with E-state index in [9.17, 15) is 9.59 Å². The third-order valence-corrected chi connectivity index (χ3v) is 3.70. The van der Waals surface area contributed by atoms with E-state index >= 15 is 0 Å². The van der Waals surface area contributed by atoms with Crippen molar-refractivity contribution in [1.29, 1.82) is 0 Å². The van der Waals surface area contributed by atoms with Crippen molar-refractivity contribution in [3.8, 4) is 0 Å². The zero-order valence-electron chi connectivity index (χ0n) is 11.4. The molecule has 0 fully saturated rings. The van der Waals surface area contributed by atoms with Crippen molar-refractivity contribution in [2.45, 2.75) is 26.3 Å². The molecule has 0 spiro atoms. The molecule has 1 atom stereocenters. The van der Waals surface area contributed by atoms with Crippen LogP contribution in [0.5, 0.6) is 0 Å². The second-order valence-corrected chi connectivity index (χ2v) is 4.85. The monoisotopic (exact) mass is 262 g/mol. The normalized spacial score (nSPS) is 16.3. The Balaban J connectivity index is 2.54. The number of carboxylic acid groups (broad SMARTS) is 1. The Bertz CT molecular complexity index is 527. The third kappa shape index (κ3) is 2.28. The maximum atomic E-state index is 12.0. The predicted octanol–water partition coefficient (Wildman–Crippen LogP) is 1.97. The molecule has 5 heteroatoms. The average Bonchev–Trinajstić information content (AvgIpc) is 2.41. The van der Waals surface area contributed by atoms with Crippen LogP contribution in [0.1, 0.15) is 30.6 Å². The Labute approximate surface area is 112 Å². The third-order valence-electron chi connectivity index (χ3n) is 3.70. The largest absolute Gasteiger partial charge is 0.478 e. The maximum absolute atomic E-state index is 12.0. The van der Waals surface area contributed by atoms with Crippen LogP contribution >= 0.6 is 0 Å². The lowest BCUT2D eigenvalue weighted by molar-refractivity contribution is -0.117. The minimum Gasteiger partial charge on any atom is -0.478 e. The summed E-state index contributed by atoms with van der Waals surface area (Å²) in [6.07, 6.45) is 0.897. The summed E-state index contributed by atoms with van der Waals surface area (Å²) in [7, 11) is 1.72. The lowest BCUT2D eigenvalue weighted by Crippen LogP contribution is -2.47. The second kappa shape index (κ2) is 4.91. The Morgan fingerprint density at radius 3 is 2.68 bits per heavy atom. The number of hydrogen-bond donors (Lipinski definition) is 1. The summed E-state index contributed by atoms with van der Waals surface area (Å²) in [6, 6.07) is 5.07. The molecule has 102 valence electrons. The van der Waals surface area contributed by atoms with Gasteiger partial charge < -0.3 is 14.9 Å². The van der Waals surface area contributed by atoms with Gasteiger partial charge in [0.1, 0.15) is 0 Å². The molecule has 0 bridgehead atoms. The number of hydrogen-bond acceptors (Lipinski definition) is 3. The standard InChI is InChI=1S/C14H18N2O3/c1-4-9(2)16-8-13(17)15(3)11-6-5-10(14(18)19)7-12(11)16/h5-7,9H,4,8H2,1-3H3,(H,18,19). The molecule has 1 N–H and O–H groups in total. The number of carbonyl (C=O) groups excluding carboxylic acids is 1. The summed E-state index contributed by atoms with van der Waals surface area (Å²) in [4.78, 5) is 26.6. The number of carboxylic acids is 1. The van der Waals surface area contributed by atoms with Crippen molar-refractivity contribution in [3.05, 3.63) is 23.8 Å². The molecular formula is C14H18N2O3. The first kappa shape index (κ1) is 13.4. The molecule has 19 heavy (non-hydrogen) atoms. The molecule has 0 aliphatic carbocycles. The zero-order chi connectivity index (χ0) is 14.2. The fourth-order valence-corrected chi connectivity index (χ4v) is 2.26. The highest BCUT2D eigenvalue weighted by atomic mass is 16.4. The van der Waals surface area contributed by atoms with Crippen LogP contribution in [-0.4, -0.2) is 36.6 Å². The van der Waals surface area contributed by atoms with Crippen molar-refractivity contribution in [1.82, 2.24) is 0 Å². The molecule has 1 aliphatic rings. The summed E-state index contributed by atoms with van der Waals surface area (Å²) in [6.45, 7) is 4.38. The van der Waals surface area contributed by atoms with E-state index in [2.05, 4.69) is 0 Å².